The molecule has 0 aliphatic carbocycles. The summed E-state index contributed by atoms with van der Waals surface area (Å²) in [6, 6.07) is 32.0. The van der Waals surface area contributed by atoms with Crippen LogP contribution in [0.3, 0.4) is 0 Å². The maximum absolute atomic E-state index is 8.34. The highest BCUT2D eigenvalue weighted by molar-refractivity contribution is 6.28. The highest BCUT2D eigenvalue weighted by atomic mass is 35.5. The number of fused-ring (bicyclic) bond motifs is 2. The van der Waals surface area contributed by atoms with Crippen molar-refractivity contribution in [2.45, 2.75) is 0 Å². The van der Waals surface area contributed by atoms with Crippen LogP contribution in [0.2, 0.25) is 5.28 Å². The fourth-order valence-corrected chi connectivity index (χ4v) is 4.99. The number of hydrogen-bond donors (Lipinski definition) is 0. The maximum Gasteiger partial charge on any atom is 0.226 e. The highest BCUT2D eigenvalue weighted by Crippen LogP contribution is 2.34. The normalized spacial score (nSPS) is 13.0. The molecule has 0 bridgehead atoms. The predicted molar refractivity (Wildman–Crippen MR) is 162 cm³/mol. The SMILES string of the molecule is [2H]c1c([2H])c([2H])c(-c2ccc3cc(-c4nc(Cl)nc(-c5cc(-c6ccccc6)cc6ccccc56)n4)ccc3c2)c([2H])c1[2H]. The second-order valence-electron chi connectivity index (χ2n) is 9.14. The molecule has 0 unspecified atom stereocenters. The number of benzene rings is 6. The van der Waals surface area contributed by atoms with Crippen LogP contribution in [0.5, 0.6) is 0 Å². The second-order valence-corrected chi connectivity index (χ2v) is 9.48. The topological polar surface area (TPSA) is 38.7 Å². The third kappa shape index (κ3) is 4.54. The minimum Gasteiger partial charge on any atom is -0.208 e. The van der Waals surface area contributed by atoms with Crippen molar-refractivity contribution in [3.05, 3.63) is 139 Å². The van der Waals surface area contributed by atoms with E-state index in [0.29, 0.717) is 17.2 Å². The Morgan fingerprint density at radius 3 is 1.97 bits per heavy atom. The van der Waals surface area contributed by atoms with E-state index in [1.807, 2.05) is 66.7 Å². The molecule has 7 aromatic rings. The average Bonchev–Trinajstić information content (AvgIpc) is 3.06. The lowest BCUT2D eigenvalue weighted by atomic mass is 9.96. The van der Waals surface area contributed by atoms with Gasteiger partial charge >= 0.3 is 0 Å². The van der Waals surface area contributed by atoms with Crippen LogP contribution in [-0.4, -0.2) is 15.0 Å². The van der Waals surface area contributed by atoms with E-state index in [9.17, 15) is 0 Å². The van der Waals surface area contributed by atoms with E-state index < -0.39 is 6.04 Å². The first-order chi connectivity index (χ1) is 21.3. The van der Waals surface area contributed by atoms with Crippen molar-refractivity contribution in [1.82, 2.24) is 15.0 Å². The fourth-order valence-electron chi connectivity index (χ4n) is 4.83. The van der Waals surface area contributed by atoms with Crippen LogP contribution < -0.4 is 0 Å². The summed E-state index contributed by atoms with van der Waals surface area (Å²) in [5, 5.41) is 3.84. The van der Waals surface area contributed by atoms with E-state index in [0.717, 1.165) is 43.8 Å². The van der Waals surface area contributed by atoms with Gasteiger partial charge in [0.15, 0.2) is 11.6 Å². The van der Waals surface area contributed by atoms with E-state index >= 15 is 0 Å². The Morgan fingerprint density at radius 1 is 0.487 bits per heavy atom. The molecule has 0 aliphatic heterocycles. The highest BCUT2D eigenvalue weighted by Gasteiger charge is 2.14. The fraction of sp³-hybridized carbons (Fsp3) is 0. The lowest BCUT2D eigenvalue weighted by Crippen LogP contribution is -1.98. The van der Waals surface area contributed by atoms with Gasteiger partial charge in [-0.05, 0) is 79.7 Å². The van der Waals surface area contributed by atoms with Gasteiger partial charge in [0.05, 0.1) is 6.85 Å². The Hall–Kier alpha value is -4.86. The molecule has 1 aromatic heterocycles. The van der Waals surface area contributed by atoms with Crippen LogP contribution >= 0.6 is 11.6 Å². The summed E-state index contributed by atoms with van der Waals surface area (Å²) in [5.41, 5.74) is 4.41. The summed E-state index contributed by atoms with van der Waals surface area (Å²) < 4.78 is 40.6. The summed E-state index contributed by atoms with van der Waals surface area (Å²) in [7, 11) is 0. The van der Waals surface area contributed by atoms with Crippen molar-refractivity contribution < 1.29 is 6.85 Å². The number of aromatic nitrogens is 3. The number of rotatable bonds is 4. The predicted octanol–water partition coefficient (Wildman–Crippen LogP) is 9.50. The molecular weight excluding hydrogens is 498 g/mol. The molecule has 4 heteroatoms. The molecule has 0 atom stereocenters. The standard InChI is InChI=1S/C35H22ClN3/c36-35-38-33(29-18-17-26-19-25(15-16-27(26)20-29)23-9-3-1-4-10-23)37-34(39-35)32-22-30(24-11-5-2-6-12-24)21-28-13-7-8-14-31(28)32/h1-22H/i1D,3D,4D,9D,10D. The van der Waals surface area contributed by atoms with E-state index in [-0.39, 0.29) is 35.0 Å². The third-order valence-corrected chi connectivity index (χ3v) is 6.87. The molecule has 1 heterocycles. The molecule has 0 saturated carbocycles. The first-order valence-corrected chi connectivity index (χ1v) is 12.8. The summed E-state index contributed by atoms with van der Waals surface area (Å²) in [6.45, 7) is 0. The first kappa shape index (κ1) is 18.4. The van der Waals surface area contributed by atoms with Gasteiger partial charge in [-0.15, -0.1) is 0 Å². The molecule has 0 spiro atoms. The van der Waals surface area contributed by atoms with E-state index in [4.69, 9.17) is 23.4 Å². The van der Waals surface area contributed by atoms with Crippen LogP contribution in [-0.2, 0) is 0 Å². The molecule has 0 fully saturated rings. The van der Waals surface area contributed by atoms with Gasteiger partial charge in [-0.1, -0.05) is 109 Å². The Morgan fingerprint density at radius 2 is 1.15 bits per heavy atom. The molecular formula is C35H22ClN3. The van der Waals surface area contributed by atoms with Crippen molar-refractivity contribution in [2.75, 3.05) is 0 Å². The van der Waals surface area contributed by atoms with E-state index in [2.05, 4.69) is 40.3 Å². The van der Waals surface area contributed by atoms with E-state index in [1.165, 1.54) is 0 Å². The maximum atomic E-state index is 8.34. The quantitative estimate of drug-likeness (QED) is 0.230. The number of halogens is 1. The van der Waals surface area contributed by atoms with Crippen LogP contribution in [0, 0.1) is 0 Å². The largest absolute Gasteiger partial charge is 0.226 e. The first-order valence-electron chi connectivity index (χ1n) is 14.9. The van der Waals surface area contributed by atoms with Crippen molar-refractivity contribution in [1.29, 1.82) is 0 Å². The average molecular weight is 525 g/mol. The van der Waals surface area contributed by atoms with Crippen LogP contribution in [0.15, 0.2) is 133 Å². The molecule has 0 N–H and O–H groups in total. The Kier molecular flexibility index (Phi) is 4.62. The number of nitrogens with zero attached hydrogens (tertiary/aromatic N) is 3. The molecule has 6 aromatic carbocycles. The molecule has 39 heavy (non-hydrogen) atoms. The van der Waals surface area contributed by atoms with Crippen LogP contribution in [0.4, 0.5) is 0 Å². The molecule has 0 saturated heterocycles. The summed E-state index contributed by atoms with van der Waals surface area (Å²) in [5.74, 6) is 0.886. The third-order valence-electron chi connectivity index (χ3n) is 6.71. The van der Waals surface area contributed by atoms with Gasteiger partial charge in [0.25, 0.3) is 0 Å². The zero-order valence-corrected chi connectivity index (χ0v) is 21.3. The van der Waals surface area contributed by atoms with Gasteiger partial charge < -0.3 is 0 Å². The van der Waals surface area contributed by atoms with Gasteiger partial charge in [-0.3, -0.25) is 0 Å². The van der Waals surface area contributed by atoms with Crippen molar-refractivity contribution in [2.24, 2.45) is 0 Å². The summed E-state index contributed by atoms with van der Waals surface area (Å²) in [4.78, 5) is 13.8. The van der Waals surface area contributed by atoms with Gasteiger partial charge in [0.2, 0.25) is 5.28 Å². The van der Waals surface area contributed by atoms with E-state index in [1.54, 1.807) is 6.07 Å². The van der Waals surface area contributed by atoms with Crippen molar-refractivity contribution >= 4 is 33.1 Å². The molecule has 0 radical (unpaired) electrons. The van der Waals surface area contributed by atoms with Crippen molar-refractivity contribution in [3.8, 4) is 45.0 Å². The smallest absolute Gasteiger partial charge is 0.208 e. The molecule has 3 nitrogen and oxygen atoms in total. The molecule has 7 rings (SSSR count). The minimum absolute atomic E-state index is 0.0795. The minimum atomic E-state index is -0.413. The summed E-state index contributed by atoms with van der Waals surface area (Å²) in [6.07, 6.45) is 0. The van der Waals surface area contributed by atoms with Gasteiger partial charge in [0.1, 0.15) is 0 Å². The Bertz CT molecular complexity index is 2230. The van der Waals surface area contributed by atoms with Crippen LogP contribution in [0.1, 0.15) is 6.85 Å². The molecule has 0 amide bonds. The zero-order chi connectivity index (χ0) is 30.5. The molecule has 0 aliphatic rings. The van der Waals surface area contributed by atoms with Crippen molar-refractivity contribution in [3.63, 3.8) is 0 Å². The lowest BCUT2D eigenvalue weighted by Gasteiger charge is -2.11. The molecule has 184 valence electrons. The monoisotopic (exact) mass is 524 g/mol. The van der Waals surface area contributed by atoms with Gasteiger partial charge in [0, 0.05) is 11.1 Å². The van der Waals surface area contributed by atoms with Gasteiger partial charge in [-0.2, -0.15) is 9.97 Å². The Labute approximate surface area is 238 Å². The zero-order valence-electron chi connectivity index (χ0n) is 25.5. The second kappa shape index (κ2) is 9.79. The van der Waals surface area contributed by atoms with Gasteiger partial charge in [-0.25, -0.2) is 4.98 Å². The lowest BCUT2D eigenvalue weighted by molar-refractivity contribution is 1.07. The summed E-state index contributed by atoms with van der Waals surface area (Å²) >= 11 is 6.49. The Balaban J connectivity index is 1.33. The van der Waals surface area contributed by atoms with Crippen LogP contribution in [0.25, 0.3) is 66.6 Å². The number of hydrogen-bond acceptors (Lipinski definition) is 3.